The number of piperidine rings is 1. The van der Waals surface area contributed by atoms with Crippen molar-refractivity contribution in [1.29, 1.82) is 0 Å². The Morgan fingerprint density at radius 3 is 2.78 bits per heavy atom. The van der Waals surface area contributed by atoms with Crippen molar-refractivity contribution in [1.82, 2.24) is 10.6 Å². The molecule has 1 saturated heterocycles. The minimum atomic E-state index is 0.0332. The number of amides is 1. The van der Waals surface area contributed by atoms with Crippen LogP contribution in [0.2, 0.25) is 0 Å². The van der Waals surface area contributed by atoms with Crippen molar-refractivity contribution in [3.63, 3.8) is 0 Å². The Morgan fingerprint density at radius 2 is 2.11 bits per heavy atom. The molecule has 2 N–H and O–H groups in total. The molecule has 0 spiro atoms. The fourth-order valence-corrected chi connectivity index (χ4v) is 2.34. The summed E-state index contributed by atoms with van der Waals surface area (Å²) < 4.78 is 0. The van der Waals surface area contributed by atoms with Gasteiger partial charge >= 0.3 is 0 Å². The third-order valence-electron chi connectivity index (χ3n) is 3.50. The van der Waals surface area contributed by atoms with Gasteiger partial charge in [-0.1, -0.05) is 24.1 Å². The second kappa shape index (κ2) is 6.55. The molecule has 0 radical (unpaired) electrons. The molecule has 1 aromatic rings. The van der Waals surface area contributed by atoms with Crippen molar-refractivity contribution < 1.29 is 4.79 Å². The number of hydrogen-bond acceptors (Lipinski definition) is 2. The van der Waals surface area contributed by atoms with Crippen LogP contribution in [0.5, 0.6) is 0 Å². The Bertz CT molecular complexity index is 380. The predicted octanol–water partition coefficient (Wildman–Crippen LogP) is 2.26. The predicted molar refractivity (Wildman–Crippen MR) is 73.8 cm³/mol. The average Bonchev–Trinajstić information content (AvgIpc) is 2.40. The summed E-state index contributed by atoms with van der Waals surface area (Å²) in [5.74, 6) is 0.0332. The summed E-state index contributed by atoms with van der Waals surface area (Å²) in [5, 5.41) is 6.48. The van der Waals surface area contributed by atoms with Crippen LogP contribution in [-0.4, -0.2) is 25.0 Å². The molecule has 0 aliphatic carbocycles. The second-order valence-electron chi connectivity index (χ2n) is 5.06. The lowest BCUT2D eigenvalue weighted by Gasteiger charge is -2.23. The molecule has 0 saturated carbocycles. The van der Waals surface area contributed by atoms with E-state index in [2.05, 4.69) is 10.6 Å². The topological polar surface area (TPSA) is 41.1 Å². The molecule has 1 amide bonds. The Morgan fingerprint density at radius 1 is 1.33 bits per heavy atom. The fraction of sp³-hybridized carbons (Fsp3) is 0.533. The highest BCUT2D eigenvalue weighted by Crippen LogP contribution is 2.09. The second-order valence-corrected chi connectivity index (χ2v) is 5.06. The highest BCUT2D eigenvalue weighted by atomic mass is 16.1. The van der Waals surface area contributed by atoms with Crippen molar-refractivity contribution in [2.45, 2.75) is 38.6 Å². The monoisotopic (exact) mass is 246 g/mol. The van der Waals surface area contributed by atoms with E-state index in [1.54, 1.807) is 0 Å². The maximum atomic E-state index is 11.9. The zero-order valence-corrected chi connectivity index (χ0v) is 11.0. The van der Waals surface area contributed by atoms with Crippen molar-refractivity contribution >= 4 is 5.91 Å². The summed E-state index contributed by atoms with van der Waals surface area (Å²) in [5.41, 5.74) is 1.93. The third kappa shape index (κ3) is 3.84. The van der Waals surface area contributed by atoms with E-state index in [1.807, 2.05) is 31.2 Å². The molecule has 1 fully saturated rings. The average molecular weight is 246 g/mol. The van der Waals surface area contributed by atoms with E-state index < -0.39 is 0 Å². The molecule has 18 heavy (non-hydrogen) atoms. The minimum absolute atomic E-state index is 0.0332. The van der Waals surface area contributed by atoms with Crippen LogP contribution in [0.3, 0.4) is 0 Å². The van der Waals surface area contributed by atoms with E-state index in [4.69, 9.17) is 0 Å². The van der Waals surface area contributed by atoms with Gasteiger partial charge in [-0.3, -0.25) is 4.79 Å². The quantitative estimate of drug-likeness (QED) is 0.855. The number of carbonyl (C=O) groups is 1. The number of carbonyl (C=O) groups excluding carboxylic acids is 1. The Kier molecular flexibility index (Phi) is 4.76. The normalized spacial score (nSPS) is 19.5. The number of benzene rings is 1. The highest BCUT2D eigenvalue weighted by Gasteiger charge is 2.12. The molecule has 1 heterocycles. The van der Waals surface area contributed by atoms with Gasteiger partial charge in [0.1, 0.15) is 0 Å². The van der Waals surface area contributed by atoms with E-state index in [9.17, 15) is 4.79 Å². The zero-order chi connectivity index (χ0) is 12.8. The molecule has 1 aliphatic rings. The largest absolute Gasteiger partial charge is 0.352 e. The first-order chi connectivity index (χ1) is 8.75. The van der Waals surface area contributed by atoms with Crippen molar-refractivity contribution in [2.75, 3.05) is 13.1 Å². The lowest BCUT2D eigenvalue weighted by atomic mass is 10.0. The van der Waals surface area contributed by atoms with Crippen LogP contribution in [-0.2, 0) is 0 Å². The van der Waals surface area contributed by atoms with Crippen LogP contribution < -0.4 is 10.6 Å². The molecule has 98 valence electrons. The third-order valence-corrected chi connectivity index (χ3v) is 3.50. The van der Waals surface area contributed by atoms with Gasteiger partial charge in [-0.25, -0.2) is 0 Å². The molecule has 0 aromatic heterocycles. The molecule has 1 atom stereocenters. The molecule has 2 rings (SSSR count). The minimum Gasteiger partial charge on any atom is -0.352 e. The Balaban J connectivity index is 1.72. The van der Waals surface area contributed by atoms with E-state index in [0.717, 1.165) is 25.1 Å². The van der Waals surface area contributed by atoms with Gasteiger partial charge < -0.3 is 10.6 Å². The molecule has 1 unspecified atom stereocenters. The van der Waals surface area contributed by atoms with Gasteiger partial charge in [0.15, 0.2) is 0 Å². The van der Waals surface area contributed by atoms with Crippen LogP contribution in [0.4, 0.5) is 0 Å². The van der Waals surface area contributed by atoms with Crippen molar-refractivity contribution in [3.8, 4) is 0 Å². The molecular weight excluding hydrogens is 224 g/mol. The first-order valence-electron chi connectivity index (χ1n) is 6.84. The lowest BCUT2D eigenvalue weighted by molar-refractivity contribution is 0.0951. The number of rotatable bonds is 4. The Hall–Kier alpha value is -1.35. The van der Waals surface area contributed by atoms with Gasteiger partial charge in [-0.15, -0.1) is 0 Å². The molecular formula is C15H22N2O. The van der Waals surface area contributed by atoms with Gasteiger partial charge in [0.2, 0.25) is 0 Å². The fourth-order valence-electron chi connectivity index (χ4n) is 2.34. The Labute approximate surface area is 109 Å². The summed E-state index contributed by atoms with van der Waals surface area (Å²) in [7, 11) is 0. The first-order valence-corrected chi connectivity index (χ1v) is 6.84. The smallest absolute Gasteiger partial charge is 0.251 e. The van der Waals surface area contributed by atoms with Gasteiger partial charge in [-0.05, 0) is 44.9 Å². The van der Waals surface area contributed by atoms with Gasteiger partial charge in [0.25, 0.3) is 5.91 Å². The van der Waals surface area contributed by atoms with Gasteiger partial charge in [0.05, 0.1) is 0 Å². The van der Waals surface area contributed by atoms with E-state index in [0.29, 0.717) is 6.04 Å². The SMILES string of the molecule is Cc1ccc(C(=O)NCCC2CCCCN2)cc1. The summed E-state index contributed by atoms with van der Waals surface area (Å²) in [6, 6.07) is 8.28. The summed E-state index contributed by atoms with van der Waals surface area (Å²) in [4.78, 5) is 11.9. The van der Waals surface area contributed by atoms with Crippen molar-refractivity contribution in [2.24, 2.45) is 0 Å². The standard InChI is InChI=1S/C15H22N2O/c1-12-5-7-13(8-6-12)15(18)17-11-9-14-4-2-3-10-16-14/h5-8,14,16H,2-4,9-11H2,1H3,(H,17,18). The molecule has 1 aromatic carbocycles. The summed E-state index contributed by atoms with van der Waals surface area (Å²) >= 11 is 0. The number of hydrogen-bond donors (Lipinski definition) is 2. The van der Waals surface area contributed by atoms with Crippen LogP contribution in [0.1, 0.15) is 41.6 Å². The van der Waals surface area contributed by atoms with Crippen molar-refractivity contribution in [3.05, 3.63) is 35.4 Å². The zero-order valence-electron chi connectivity index (χ0n) is 11.0. The number of nitrogens with one attached hydrogen (secondary N) is 2. The maximum Gasteiger partial charge on any atom is 0.251 e. The van der Waals surface area contributed by atoms with E-state index in [-0.39, 0.29) is 5.91 Å². The summed E-state index contributed by atoms with van der Waals surface area (Å²) in [6.07, 6.45) is 4.85. The van der Waals surface area contributed by atoms with Crippen LogP contribution >= 0.6 is 0 Å². The summed E-state index contributed by atoms with van der Waals surface area (Å²) in [6.45, 7) is 3.90. The van der Waals surface area contributed by atoms with Crippen LogP contribution in [0.15, 0.2) is 24.3 Å². The lowest BCUT2D eigenvalue weighted by Crippen LogP contribution is -2.37. The van der Waals surface area contributed by atoms with Gasteiger partial charge in [-0.2, -0.15) is 0 Å². The molecule has 1 aliphatic heterocycles. The van der Waals surface area contributed by atoms with Gasteiger partial charge in [0, 0.05) is 18.2 Å². The molecule has 0 bridgehead atoms. The highest BCUT2D eigenvalue weighted by molar-refractivity contribution is 5.94. The van der Waals surface area contributed by atoms with E-state index in [1.165, 1.54) is 24.8 Å². The first kappa shape index (κ1) is 13.1. The maximum absolute atomic E-state index is 11.9. The molecule has 3 nitrogen and oxygen atoms in total. The van der Waals surface area contributed by atoms with E-state index >= 15 is 0 Å². The number of aryl methyl sites for hydroxylation is 1. The molecule has 3 heteroatoms. The van der Waals surface area contributed by atoms with Crippen LogP contribution in [0.25, 0.3) is 0 Å². The van der Waals surface area contributed by atoms with Crippen LogP contribution in [0, 0.1) is 6.92 Å².